The monoisotopic (exact) mass is 255 g/mol. The molecule has 0 aliphatic heterocycles. The lowest BCUT2D eigenvalue weighted by atomic mass is 10.1. The summed E-state index contributed by atoms with van der Waals surface area (Å²) in [6.45, 7) is -0.399. The first-order chi connectivity index (χ1) is 8.58. The SMILES string of the molecule is O=C(NCC(O)C(F)F)C1Cc2ccccc2C1. The van der Waals surface area contributed by atoms with Gasteiger partial charge in [0.15, 0.2) is 0 Å². The molecular formula is C13H15F2NO2. The van der Waals surface area contributed by atoms with E-state index in [9.17, 15) is 13.6 Å². The van der Waals surface area contributed by atoms with Crippen LogP contribution >= 0.6 is 0 Å². The van der Waals surface area contributed by atoms with Crippen LogP contribution in [0.3, 0.4) is 0 Å². The number of hydrogen-bond donors (Lipinski definition) is 2. The zero-order valence-corrected chi connectivity index (χ0v) is 9.77. The van der Waals surface area contributed by atoms with Crippen molar-refractivity contribution in [1.82, 2.24) is 5.32 Å². The molecule has 0 radical (unpaired) electrons. The smallest absolute Gasteiger partial charge is 0.265 e. The Bertz CT molecular complexity index is 412. The van der Waals surface area contributed by atoms with Crippen molar-refractivity contribution in [2.45, 2.75) is 25.4 Å². The fourth-order valence-corrected chi connectivity index (χ4v) is 2.18. The average molecular weight is 255 g/mol. The van der Waals surface area contributed by atoms with Crippen molar-refractivity contribution < 1.29 is 18.7 Å². The molecule has 3 nitrogen and oxygen atoms in total. The molecule has 1 atom stereocenters. The summed E-state index contributed by atoms with van der Waals surface area (Å²) in [6.07, 6.45) is -3.36. The highest BCUT2D eigenvalue weighted by atomic mass is 19.3. The number of amides is 1. The second-order valence-electron chi connectivity index (χ2n) is 4.52. The van der Waals surface area contributed by atoms with Crippen molar-refractivity contribution in [3.63, 3.8) is 0 Å². The van der Waals surface area contributed by atoms with Crippen LogP contribution < -0.4 is 5.32 Å². The first-order valence-corrected chi connectivity index (χ1v) is 5.88. The number of carbonyl (C=O) groups excluding carboxylic acids is 1. The Morgan fingerprint density at radius 3 is 2.39 bits per heavy atom. The molecule has 2 N–H and O–H groups in total. The normalized spacial score (nSPS) is 16.7. The van der Waals surface area contributed by atoms with Crippen LogP contribution in [0.2, 0.25) is 0 Å². The van der Waals surface area contributed by atoms with Crippen molar-refractivity contribution in [3.05, 3.63) is 35.4 Å². The predicted octanol–water partition coefficient (Wildman–Crippen LogP) is 1.14. The first kappa shape index (κ1) is 13.0. The molecular weight excluding hydrogens is 240 g/mol. The van der Waals surface area contributed by atoms with Gasteiger partial charge in [-0.15, -0.1) is 0 Å². The fourth-order valence-electron chi connectivity index (χ4n) is 2.18. The largest absolute Gasteiger partial charge is 0.385 e. The number of aliphatic hydroxyl groups is 1. The molecule has 1 aliphatic carbocycles. The Morgan fingerprint density at radius 1 is 1.33 bits per heavy atom. The summed E-state index contributed by atoms with van der Waals surface area (Å²) >= 11 is 0. The zero-order valence-electron chi connectivity index (χ0n) is 9.77. The summed E-state index contributed by atoms with van der Waals surface area (Å²) in [5.41, 5.74) is 2.26. The van der Waals surface area contributed by atoms with E-state index < -0.39 is 19.1 Å². The molecule has 0 bridgehead atoms. The first-order valence-electron chi connectivity index (χ1n) is 5.88. The van der Waals surface area contributed by atoms with Crippen LogP contribution in [0.15, 0.2) is 24.3 Å². The highest BCUT2D eigenvalue weighted by Gasteiger charge is 2.27. The van der Waals surface area contributed by atoms with Crippen molar-refractivity contribution in [2.24, 2.45) is 5.92 Å². The Balaban J connectivity index is 1.86. The van der Waals surface area contributed by atoms with E-state index in [2.05, 4.69) is 5.32 Å². The molecule has 18 heavy (non-hydrogen) atoms. The number of hydrogen-bond acceptors (Lipinski definition) is 2. The minimum absolute atomic E-state index is 0.215. The van der Waals surface area contributed by atoms with E-state index >= 15 is 0 Å². The number of alkyl halides is 2. The third-order valence-electron chi connectivity index (χ3n) is 3.20. The van der Waals surface area contributed by atoms with E-state index in [0.717, 1.165) is 11.1 Å². The molecule has 0 spiro atoms. The maximum Gasteiger partial charge on any atom is 0.265 e. The van der Waals surface area contributed by atoms with E-state index in [0.29, 0.717) is 12.8 Å². The van der Waals surface area contributed by atoms with Crippen LogP contribution in [0.4, 0.5) is 8.78 Å². The second kappa shape index (κ2) is 5.44. The van der Waals surface area contributed by atoms with Gasteiger partial charge in [0.25, 0.3) is 6.43 Å². The number of carbonyl (C=O) groups is 1. The molecule has 5 heteroatoms. The number of fused-ring (bicyclic) bond motifs is 1. The maximum absolute atomic E-state index is 12.1. The number of aliphatic hydroxyl groups excluding tert-OH is 1. The van der Waals surface area contributed by atoms with Crippen molar-refractivity contribution >= 4 is 5.91 Å². The Hall–Kier alpha value is -1.49. The number of rotatable bonds is 4. The van der Waals surface area contributed by atoms with E-state index in [-0.39, 0.29) is 11.8 Å². The van der Waals surface area contributed by atoms with Gasteiger partial charge in [0.05, 0.1) is 0 Å². The highest BCUT2D eigenvalue weighted by molar-refractivity contribution is 5.80. The van der Waals surface area contributed by atoms with Crippen LogP contribution in [0.1, 0.15) is 11.1 Å². The molecule has 0 aromatic heterocycles. The number of halogens is 2. The van der Waals surface area contributed by atoms with Gasteiger partial charge in [-0.25, -0.2) is 8.78 Å². The summed E-state index contributed by atoms with van der Waals surface area (Å²) in [5.74, 6) is -0.488. The Morgan fingerprint density at radius 2 is 1.89 bits per heavy atom. The van der Waals surface area contributed by atoms with Gasteiger partial charge in [-0.2, -0.15) is 0 Å². The molecule has 1 aromatic carbocycles. The van der Waals surface area contributed by atoms with Crippen LogP contribution in [0.5, 0.6) is 0 Å². The number of nitrogens with one attached hydrogen (secondary N) is 1. The Labute approximate surface area is 104 Å². The predicted molar refractivity (Wildman–Crippen MR) is 62.4 cm³/mol. The van der Waals surface area contributed by atoms with Gasteiger partial charge < -0.3 is 10.4 Å². The maximum atomic E-state index is 12.1. The molecule has 0 fully saturated rings. The summed E-state index contributed by atoms with van der Waals surface area (Å²) in [4.78, 5) is 11.8. The summed E-state index contributed by atoms with van der Waals surface area (Å²) in [6, 6.07) is 7.77. The van der Waals surface area contributed by atoms with E-state index in [1.165, 1.54) is 0 Å². The Kier molecular flexibility index (Phi) is 3.91. The lowest BCUT2D eigenvalue weighted by molar-refractivity contribution is -0.125. The molecule has 1 aliphatic rings. The summed E-state index contributed by atoms with van der Waals surface area (Å²) in [7, 11) is 0. The van der Waals surface area contributed by atoms with Gasteiger partial charge in [-0.1, -0.05) is 24.3 Å². The van der Waals surface area contributed by atoms with Crippen LogP contribution in [0.25, 0.3) is 0 Å². The lowest BCUT2D eigenvalue weighted by Gasteiger charge is -2.13. The molecule has 2 rings (SSSR count). The number of benzene rings is 1. The van der Waals surface area contributed by atoms with Crippen molar-refractivity contribution in [3.8, 4) is 0 Å². The molecule has 1 aromatic rings. The third kappa shape index (κ3) is 2.85. The van der Waals surface area contributed by atoms with Gasteiger partial charge in [0.1, 0.15) is 6.10 Å². The van der Waals surface area contributed by atoms with E-state index in [1.807, 2.05) is 24.3 Å². The topological polar surface area (TPSA) is 49.3 Å². The van der Waals surface area contributed by atoms with Crippen LogP contribution in [0, 0.1) is 5.92 Å². The minimum Gasteiger partial charge on any atom is -0.385 e. The second-order valence-corrected chi connectivity index (χ2v) is 4.52. The third-order valence-corrected chi connectivity index (χ3v) is 3.20. The van der Waals surface area contributed by atoms with Gasteiger partial charge in [0.2, 0.25) is 5.91 Å². The molecule has 0 saturated carbocycles. The quantitative estimate of drug-likeness (QED) is 0.847. The van der Waals surface area contributed by atoms with Gasteiger partial charge in [-0.3, -0.25) is 4.79 Å². The zero-order chi connectivity index (χ0) is 13.1. The summed E-state index contributed by atoms with van der Waals surface area (Å²) in [5, 5.41) is 11.3. The summed E-state index contributed by atoms with van der Waals surface area (Å²) < 4.78 is 24.1. The molecule has 0 heterocycles. The van der Waals surface area contributed by atoms with Crippen molar-refractivity contribution in [1.29, 1.82) is 0 Å². The molecule has 0 saturated heterocycles. The highest BCUT2D eigenvalue weighted by Crippen LogP contribution is 2.26. The standard InChI is InChI=1S/C13H15F2NO2/c14-12(15)11(17)7-16-13(18)10-5-8-3-1-2-4-9(8)6-10/h1-4,10-12,17H,5-7H2,(H,16,18). The van der Waals surface area contributed by atoms with Gasteiger partial charge in [0, 0.05) is 12.5 Å². The average Bonchev–Trinajstić information content (AvgIpc) is 2.79. The molecule has 98 valence electrons. The van der Waals surface area contributed by atoms with E-state index in [1.54, 1.807) is 0 Å². The van der Waals surface area contributed by atoms with Gasteiger partial charge >= 0.3 is 0 Å². The van der Waals surface area contributed by atoms with E-state index in [4.69, 9.17) is 5.11 Å². The molecule has 1 amide bonds. The van der Waals surface area contributed by atoms with Crippen LogP contribution in [-0.4, -0.2) is 30.1 Å². The molecule has 1 unspecified atom stereocenters. The van der Waals surface area contributed by atoms with Gasteiger partial charge in [-0.05, 0) is 24.0 Å². The van der Waals surface area contributed by atoms with Crippen LogP contribution in [-0.2, 0) is 17.6 Å². The minimum atomic E-state index is -2.83. The van der Waals surface area contributed by atoms with Crippen molar-refractivity contribution in [2.75, 3.05) is 6.54 Å². The lowest BCUT2D eigenvalue weighted by Crippen LogP contribution is -2.39. The fraction of sp³-hybridized carbons (Fsp3) is 0.462.